The topological polar surface area (TPSA) is 134 Å². The molecular formula is C4H9N6OP. The van der Waals surface area contributed by atoms with Gasteiger partial charge in [-0.1, -0.05) is 9.24 Å². The first kappa shape index (κ1) is 10.5. The molecule has 0 aliphatic rings. The van der Waals surface area contributed by atoms with Crippen LogP contribution in [0.5, 0.6) is 0 Å². The zero-order chi connectivity index (χ0) is 9.56. The molecule has 1 heterocycles. The van der Waals surface area contributed by atoms with Crippen LogP contribution in [-0.2, 0) is 4.79 Å². The second-order valence-electron chi connectivity index (χ2n) is 1.55. The number of aromatic nitrogens is 3. The maximum Gasteiger partial charge on any atom is 0.226 e. The predicted molar refractivity (Wildman–Crippen MR) is 49.5 cm³/mol. The van der Waals surface area contributed by atoms with Crippen LogP contribution in [-0.4, -0.2) is 21.0 Å². The van der Waals surface area contributed by atoms with Crippen LogP contribution in [0, 0.1) is 0 Å². The molecule has 12 heavy (non-hydrogen) atoms. The van der Waals surface area contributed by atoms with Crippen LogP contribution in [0.1, 0.15) is 0 Å². The summed E-state index contributed by atoms with van der Waals surface area (Å²) in [5, 5.41) is 0. The predicted octanol–water partition coefficient (Wildman–Crippen LogP) is -1.33. The van der Waals surface area contributed by atoms with Crippen molar-refractivity contribution in [3.05, 3.63) is 0 Å². The monoisotopic (exact) mass is 188 g/mol. The van der Waals surface area contributed by atoms with Gasteiger partial charge in [0.1, 0.15) is 6.03 Å². The first-order valence-corrected chi connectivity index (χ1v) is 3.44. The second-order valence-corrected chi connectivity index (χ2v) is 1.82. The van der Waals surface area contributed by atoms with Crippen molar-refractivity contribution in [2.24, 2.45) is 0 Å². The maximum atomic E-state index is 8.77. The van der Waals surface area contributed by atoms with Crippen molar-refractivity contribution < 1.29 is 4.79 Å². The van der Waals surface area contributed by atoms with Crippen LogP contribution in [0.3, 0.4) is 0 Å². The summed E-state index contributed by atoms with van der Waals surface area (Å²) in [4.78, 5) is 19.2. The quantitative estimate of drug-likeness (QED) is 0.339. The molecule has 0 radical (unpaired) electrons. The first-order chi connectivity index (χ1) is 5.60. The fourth-order valence-electron chi connectivity index (χ4n) is 0.427. The van der Waals surface area contributed by atoms with Gasteiger partial charge in [-0.05, 0) is 0 Å². The molecule has 1 aromatic rings. The SMILES string of the molecule is Nc1nc(N)nc(N)n1.O=CP. The summed E-state index contributed by atoms with van der Waals surface area (Å²) in [5.74, 6) is 0.125. The van der Waals surface area contributed by atoms with Crippen LogP contribution >= 0.6 is 9.24 Å². The lowest BCUT2D eigenvalue weighted by atomic mass is 10.9. The molecule has 0 aromatic carbocycles. The molecule has 0 saturated heterocycles. The molecule has 0 amide bonds. The largest absolute Gasteiger partial charge is 0.368 e. The van der Waals surface area contributed by atoms with E-state index in [4.69, 9.17) is 22.0 Å². The Hall–Kier alpha value is -1.49. The van der Waals surface area contributed by atoms with Gasteiger partial charge in [0.15, 0.2) is 0 Å². The van der Waals surface area contributed by atoms with E-state index in [2.05, 4.69) is 15.0 Å². The van der Waals surface area contributed by atoms with Gasteiger partial charge in [0.05, 0.1) is 0 Å². The molecule has 0 fully saturated rings. The molecule has 6 N–H and O–H groups in total. The van der Waals surface area contributed by atoms with E-state index in [1.807, 2.05) is 9.24 Å². The van der Waals surface area contributed by atoms with E-state index in [-0.39, 0.29) is 17.8 Å². The van der Waals surface area contributed by atoms with E-state index in [0.717, 1.165) is 0 Å². The average Bonchev–Trinajstić information content (AvgIpc) is 1.84. The van der Waals surface area contributed by atoms with Crippen LogP contribution in [0.15, 0.2) is 0 Å². The summed E-state index contributed by atoms with van der Waals surface area (Å²) in [6.45, 7) is 0. The zero-order valence-electron chi connectivity index (χ0n) is 6.14. The number of nitrogen functional groups attached to an aromatic ring is 3. The van der Waals surface area contributed by atoms with Crippen LogP contribution < -0.4 is 17.2 Å². The third-order valence-electron chi connectivity index (χ3n) is 0.687. The molecular weight excluding hydrogens is 179 g/mol. The molecule has 1 aromatic heterocycles. The number of nitrogens with two attached hydrogens (primary N) is 3. The molecule has 0 bridgehead atoms. The van der Waals surface area contributed by atoms with Crippen molar-refractivity contribution in [3.63, 3.8) is 0 Å². The van der Waals surface area contributed by atoms with E-state index in [1.54, 1.807) is 0 Å². The highest BCUT2D eigenvalue weighted by atomic mass is 31.0. The standard InChI is InChI=1S/C3H6N6.CH3OP/c4-1-7-2(5)9-3(6)8-1;2-1-3/h(H6,4,5,6,7,8,9);1H,3H2. The van der Waals surface area contributed by atoms with E-state index in [1.165, 1.54) is 0 Å². The lowest BCUT2D eigenvalue weighted by molar-refractivity contribution is 0.570. The molecule has 0 aliphatic heterocycles. The fourth-order valence-corrected chi connectivity index (χ4v) is 0.427. The molecule has 7 nitrogen and oxygen atoms in total. The average molecular weight is 188 g/mol. The third-order valence-corrected chi connectivity index (χ3v) is 0.687. The number of carbonyl (C=O) groups excluding carboxylic acids is 1. The fraction of sp³-hybridized carbons (Fsp3) is 0. The van der Waals surface area contributed by atoms with Gasteiger partial charge in [-0.25, -0.2) is 0 Å². The van der Waals surface area contributed by atoms with Gasteiger partial charge in [-0.15, -0.1) is 0 Å². The molecule has 66 valence electrons. The summed E-state index contributed by atoms with van der Waals surface area (Å²) in [6, 6.07) is 0.667. The number of rotatable bonds is 0. The smallest absolute Gasteiger partial charge is 0.226 e. The Morgan fingerprint density at radius 3 is 1.33 bits per heavy atom. The Kier molecular flexibility index (Phi) is 4.55. The van der Waals surface area contributed by atoms with Gasteiger partial charge < -0.3 is 17.2 Å². The molecule has 1 unspecified atom stereocenters. The van der Waals surface area contributed by atoms with Gasteiger partial charge in [0.2, 0.25) is 17.8 Å². The highest BCUT2D eigenvalue weighted by Gasteiger charge is 1.93. The van der Waals surface area contributed by atoms with Gasteiger partial charge in [-0.2, -0.15) is 15.0 Å². The van der Waals surface area contributed by atoms with Gasteiger partial charge in [0.25, 0.3) is 0 Å². The number of hydrogen-bond donors (Lipinski definition) is 3. The lowest BCUT2D eigenvalue weighted by Gasteiger charge is -1.93. The Morgan fingerprint density at radius 2 is 1.17 bits per heavy atom. The van der Waals surface area contributed by atoms with Crippen molar-refractivity contribution >= 4 is 33.1 Å². The minimum Gasteiger partial charge on any atom is -0.368 e. The van der Waals surface area contributed by atoms with Crippen LogP contribution in [0.4, 0.5) is 17.8 Å². The summed E-state index contributed by atoms with van der Waals surface area (Å²) in [7, 11) is 1.90. The molecule has 1 rings (SSSR count). The van der Waals surface area contributed by atoms with Crippen molar-refractivity contribution in [2.75, 3.05) is 17.2 Å². The third kappa shape index (κ3) is 4.35. The Morgan fingerprint density at radius 1 is 1.00 bits per heavy atom. The number of anilines is 3. The van der Waals surface area contributed by atoms with Gasteiger partial charge >= 0.3 is 0 Å². The Labute approximate surface area is 71.0 Å². The Balaban J connectivity index is 0.000000354. The summed E-state index contributed by atoms with van der Waals surface area (Å²) in [6.07, 6.45) is 0. The lowest BCUT2D eigenvalue weighted by Crippen LogP contribution is -2.05. The van der Waals surface area contributed by atoms with Crippen LogP contribution in [0.2, 0.25) is 0 Å². The summed E-state index contributed by atoms with van der Waals surface area (Å²) < 4.78 is 0. The summed E-state index contributed by atoms with van der Waals surface area (Å²) in [5.41, 5.74) is 15.4. The van der Waals surface area contributed by atoms with E-state index < -0.39 is 0 Å². The highest BCUT2D eigenvalue weighted by molar-refractivity contribution is 7.36. The molecule has 0 saturated carbocycles. The van der Waals surface area contributed by atoms with Crippen molar-refractivity contribution in [2.45, 2.75) is 0 Å². The molecule has 8 heteroatoms. The molecule has 1 atom stereocenters. The van der Waals surface area contributed by atoms with E-state index in [9.17, 15) is 0 Å². The van der Waals surface area contributed by atoms with Gasteiger partial charge in [-0.3, -0.25) is 4.79 Å². The minimum absolute atomic E-state index is 0.0417. The van der Waals surface area contributed by atoms with Crippen molar-refractivity contribution in [1.29, 1.82) is 0 Å². The normalized spacial score (nSPS) is 8.08. The van der Waals surface area contributed by atoms with Crippen LogP contribution in [0.25, 0.3) is 0 Å². The maximum absolute atomic E-state index is 8.77. The molecule has 0 spiro atoms. The molecule has 0 aliphatic carbocycles. The minimum atomic E-state index is 0.0417. The summed E-state index contributed by atoms with van der Waals surface area (Å²) >= 11 is 0. The number of carbonyl (C=O) groups is 1. The zero-order valence-corrected chi connectivity index (χ0v) is 7.29. The first-order valence-electron chi connectivity index (χ1n) is 2.78. The van der Waals surface area contributed by atoms with Crippen molar-refractivity contribution in [1.82, 2.24) is 15.0 Å². The number of nitrogens with zero attached hydrogens (tertiary/aromatic N) is 3. The Bertz CT molecular complexity index is 215. The van der Waals surface area contributed by atoms with Gasteiger partial charge in [0, 0.05) is 0 Å². The van der Waals surface area contributed by atoms with E-state index >= 15 is 0 Å². The second kappa shape index (κ2) is 5.20. The highest BCUT2D eigenvalue weighted by Crippen LogP contribution is 1.97. The van der Waals surface area contributed by atoms with Crippen molar-refractivity contribution in [3.8, 4) is 0 Å². The number of hydrogen-bond acceptors (Lipinski definition) is 7. The van der Waals surface area contributed by atoms with E-state index in [0.29, 0.717) is 6.03 Å².